The predicted octanol–water partition coefficient (Wildman–Crippen LogP) is -3.10. The number of carboxylic acid groups (broad SMARTS) is 1. The van der Waals surface area contributed by atoms with Gasteiger partial charge in [-0.15, -0.1) is 0 Å². The molecule has 0 unspecified atom stereocenters. The van der Waals surface area contributed by atoms with Crippen molar-refractivity contribution in [2.45, 2.75) is 43.2 Å². The molecule has 2 saturated heterocycles. The van der Waals surface area contributed by atoms with Crippen LogP contribution in [0, 0.1) is 5.92 Å². The van der Waals surface area contributed by atoms with E-state index in [9.17, 15) is 18.3 Å². The largest absolute Gasteiger partial charge is 0.480 e. The fraction of sp³-hybridized carbons (Fsp3) is 0.923. The van der Waals surface area contributed by atoms with Gasteiger partial charge in [-0.25, -0.2) is 0 Å². The summed E-state index contributed by atoms with van der Waals surface area (Å²) in [6.45, 7) is 1.50. The Bertz CT molecular complexity index is 628. The Morgan fingerprint density at radius 3 is 2.50 bits per heavy atom. The topological polar surface area (TPSA) is 188 Å². The summed E-state index contributed by atoms with van der Waals surface area (Å²) in [6, 6.07) is -0.488. The maximum absolute atomic E-state index is 12.8. The van der Waals surface area contributed by atoms with Crippen LogP contribution in [0.2, 0.25) is 6.32 Å². The van der Waals surface area contributed by atoms with Gasteiger partial charge < -0.3 is 31.4 Å². The van der Waals surface area contributed by atoms with Crippen LogP contribution in [-0.2, 0) is 19.7 Å². The molecule has 0 amide bonds. The third-order valence-electron chi connectivity index (χ3n) is 5.27. The van der Waals surface area contributed by atoms with Crippen LogP contribution in [0.4, 0.5) is 0 Å². The molecule has 2 aliphatic heterocycles. The van der Waals surface area contributed by atoms with Gasteiger partial charge >= 0.3 is 13.1 Å². The summed E-state index contributed by atoms with van der Waals surface area (Å²) >= 11 is 0. The van der Waals surface area contributed by atoms with Gasteiger partial charge in [-0.3, -0.25) is 4.79 Å². The zero-order valence-corrected chi connectivity index (χ0v) is 15.5. The van der Waals surface area contributed by atoms with Crippen LogP contribution in [0.3, 0.4) is 0 Å². The highest BCUT2D eigenvalue weighted by Crippen LogP contribution is 2.33. The number of nitrogens with zero attached hydrogens (tertiary/aromatic N) is 1. The highest BCUT2D eigenvalue weighted by Gasteiger charge is 2.54. The zero-order valence-electron chi connectivity index (χ0n) is 14.7. The van der Waals surface area contributed by atoms with Gasteiger partial charge in [0.1, 0.15) is 5.54 Å². The highest BCUT2D eigenvalue weighted by molar-refractivity contribution is 7.87. The molecule has 0 aliphatic carbocycles. The summed E-state index contributed by atoms with van der Waals surface area (Å²) < 4.78 is 34.2. The van der Waals surface area contributed by atoms with Gasteiger partial charge in [0.25, 0.3) is 10.2 Å². The van der Waals surface area contributed by atoms with Crippen LogP contribution in [-0.4, -0.2) is 84.4 Å². The number of nitrogens with two attached hydrogens (primary N) is 2. The molecular weight excluding hydrogens is 367 g/mol. The first-order valence-corrected chi connectivity index (χ1v) is 9.88. The van der Waals surface area contributed by atoms with Gasteiger partial charge in [-0.05, 0) is 19.7 Å². The average molecular weight is 394 g/mol. The van der Waals surface area contributed by atoms with Gasteiger partial charge in [-0.2, -0.15) is 17.4 Å². The van der Waals surface area contributed by atoms with Crippen molar-refractivity contribution in [1.29, 1.82) is 0 Å². The molecule has 0 spiro atoms. The van der Waals surface area contributed by atoms with E-state index in [-0.39, 0.29) is 39.0 Å². The fourth-order valence-electron chi connectivity index (χ4n) is 3.27. The second-order valence-corrected chi connectivity index (χ2v) is 8.96. The normalized spacial score (nSPS) is 30.0. The minimum absolute atomic E-state index is 0.0579. The molecule has 8 N–H and O–H groups in total. The van der Waals surface area contributed by atoms with Crippen molar-refractivity contribution < 1.29 is 33.1 Å². The summed E-state index contributed by atoms with van der Waals surface area (Å²) in [4.78, 5) is 11.7. The Morgan fingerprint density at radius 2 is 2.08 bits per heavy atom. The molecule has 150 valence electrons. The lowest BCUT2D eigenvalue weighted by Crippen LogP contribution is -2.71. The molecule has 3 atom stereocenters. The monoisotopic (exact) mass is 394 g/mol. The lowest BCUT2D eigenvalue weighted by atomic mass is 9.78. The Balaban J connectivity index is 2.13. The first kappa shape index (κ1) is 21.5. The van der Waals surface area contributed by atoms with Crippen LogP contribution >= 0.6 is 0 Å². The standard InChI is InChI=1S/C13H27BN4O7S/c1-9(15)12(7-25-8-12)17-26(23,24)18-5-10(3-2-4-14(21)22)13(16,6-18)11(19)20/h9-10,17,21-22H,2-8,15-16H2,1H3,(H,19,20)/t9-,10+,13+/m1/s1. The smallest absolute Gasteiger partial charge is 0.451 e. The molecule has 0 saturated carbocycles. The van der Waals surface area contributed by atoms with Crippen molar-refractivity contribution in [2.75, 3.05) is 26.3 Å². The molecule has 0 aromatic carbocycles. The van der Waals surface area contributed by atoms with E-state index in [1.54, 1.807) is 6.92 Å². The maximum Gasteiger partial charge on any atom is 0.451 e. The van der Waals surface area contributed by atoms with Crippen LogP contribution in [0.15, 0.2) is 0 Å². The van der Waals surface area contributed by atoms with Crippen molar-refractivity contribution in [3.05, 3.63) is 0 Å². The van der Waals surface area contributed by atoms with Crippen molar-refractivity contribution in [1.82, 2.24) is 9.03 Å². The van der Waals surface area contributed by atoms with Gasteiger partial charge in [-0.1, -0.05) is 6.42 Å². The maximum atomic E-state index is 12.8. The Hall–Kier alpha value is -0.795. The van der Waals surface area contributed by atoms with Gasteiger partial charge in [0, 0.05) is 25.0 Å². The van der Waals surface area contributed by atoms with Crippen molar-refractivity contribution >= 4 is 23.3 Å². The number of rotatable bonds is 9. The third-order valence-corrected chi connectivity index (χ3v) is 6.89. The highest BCUT2D eigenvalue weighted by atomic mass is 32.2. The van der Waals surface area contributed by atoms with E-state index in [0.717, 1.165) is 4.31 Å². The molecule has 0 aromatic rings. The summed E-state index contributed by atoms with van der Waals surface area (Å²) in [5.41, 5.74) is 9.22. The van der Waals surface area contributed by atoms with Crippen LogP contribution in [0.25, 0.3) is 0 Å². The lowest BCUT2D eigenvalue weighted by molar-refractivity contribution is -0.144. The molecule has 2 rings (SSSR count). The van der Waals surface area contributed by atoms with Crippen molar-refractivity contribution in [3.63, 3.8) is 0 Å². The van der Waals surface area contributed by atoms with E-state index in [2.05, 4.69) is 4.72 Å². The van der Waals surface area contributed by atoms with Gasteiger partial charge in [0.15, 0.2) is 0 Å². The summed E-state index contributed by atoms with van der Waals surface area (Å²) in [5.74, 6) is -1.95. The molecule has 0 radical (unpaired) electrons. The number of aliphatic carboxylic acids is 1. The van der Waals surface area contributed by atoms with E-state index in [4.69, 9.17) is 26.3 Å². The van der Waals surface area contributed by atoms with Gasteiger partial charge in [0.2, 0.25) is 0 Å². The van der Waals surface area contributed by atoms with E-state index in [0.29, 0.717) is 6.42 Å². The first-order valence-electron chi connectivity index (χ1n) is 8.44. The zero-order chi connectivity index (χ0) is 19.8. The summed E-state index contributed by atoms with van der Waals surface area (Å²) in [5, 5.41) is 27.4. The van der Waals surface area contributed by atoms with E-state index >= 15 is 0 Å². The number of carbonyl (C=O) groups is 1. The Morgan fingerprint density at radius 1 is 1.46 bits per heavy atom. The SMILES string of the molecule is C[C@@H](N)C1(NS(=O)(=O)N2C[C@H](CCCB(O)O)[C@](N)(C(=O)O)C2)COC1. The Labute approximate surface area is 153 Å². The number of hydrogen-bond acceptors (Lipinski definition) is 8. The lowest BCUT2D eigenvalue weighted by Gasteiger charge is -2.45. The number of hydrogen-bond donors (Lipinski definition) is 6. The van der Waals surface area contributed by atoms with Crippen LogP contribution < -0.4 is 16.2 Å². The second-order valence-electron chi connectivity index (χ2n) is 7.29. The van der Waals surface area contributed by atoms with E-state index in [1.807, 2.05) is 0 Å². The van der Waals surface area contributed by atoms with Crippen molar-refractivity contribution in [3.8, 4) is 0 Å². The predicted molar refractivity (Wildman–Crippen MR) is 93.1 cm³/mol. The molecule has 0 aromatic heterocycles. The van der Waals surface area contributed by atoms with E-state index in [1.165, 1.54) is 0 Å². The second kappa shape index (κ2) is 7.68. The molecule has 26 heavy (non-hydrogen) atoms. The molecule has 2 aliphatic rings. The number of ether oxygens (including phenoxy) is 1. The fourth-order valence-corrected chi connectivity index (χ4v) is 4.98. The number of nitrogens with one attached hydrogen (secondary N) is 1. The van der Waals surface area contributed by atoms with Crippen molar-refractivity contribution in [2.24, 2.45) is 17.4 Å². The first-order chi connectivity index (χ1) is 11.9. The minimum Gasteiger partial charge on any atom is -0.480 e. The van der Waals surface area contributed by atoms with Crippen LogP contribution in [0.1, 0.15) is 19.8 Å². The Kier molecular flexibility index (Phi) is 6.35. The van der Waals surface area contributed by atoms with Crippen LogP contribution in [0.5, 0.6) is 0 Å². The third kappa shape index (κ3) is 4.20. The average Bonchev–Trinajstić information content (AvgIpc) is 2.82. The quantitative estimate of drug-likeness (QED) is 0.220. The molecule has 2 fully saturated rings. The molecule has 13 heteroatoms. The summed E-state index contributed by atoms with van der Waals surface area (Å²) in [6.07, 6.45) is 0.629. The van der Waals surface area contributed by atoms with E-state index < -0.39 is 46.3 Å². The van der Waals surface area contributed by atoms with Gasteiger partial charge in [0.05, 0.1) is 18.8 Å². The number of carboxylic acids is 1. The molecule has 11 nitrogen and oxygen atoms in total. The molecular formula is C13H27BN4O7S. The molecule has 2 heterocycles. The molecule has 0 bridgehead atoms. The summed E-state index contributed by atoms with van der Waals surface area (Å²) in [7, 11) is -5.52. The minimum atomic E-state index is -4.02.